The van der Waals surface area contributed by atoms with Crippen LogP contribution in [0.3, 0.4) is 0 Å². The van der Waals surface area contributed by atoms with Gasteiger partial charge in [0.15, 0.2) is 0 Å². The van der Waals surface area contributed by atoms with Crippen molar-refractivity contribution in [1.82, 2.24) is 0 Å². The summed E-state index contributed by atoms with van der Waals surface area (Å²) in [5.41, 5.74) is 3.66. The van der Waals surface area contributed by atoms with E-state index in [0.29, 0.717) is 5.56 Å². The Hall–Kier alpha value is -2.51. The number of rotatable bonds is 1. The second kappa shape index (κ2) is 4.34. The van der Waals surface area contributed by atoms with Crippen molar-refractivity contribution in [2.45, 2.75) is 0 Å². The van der Waals surface area contributed by atoms with Crippen LogP contribution in [-0.2, 0) is 0 Å². The molecular formula is C15H9N. The summed E-state index contributed by atoms with van der Waals surface area (Å²) in [5.74, 6) is 2.61. The maximum Gasteiger partial charge on any atom is 0.0991 e. The molecule has 2 rings (SSSR count). The Kier molecular flexibility index (Phi) is 2.72. The second-order valence-electron chi connectivity index (χ2n) is 3.41. The van der Waals surface area contributed by atoms with Crippen molar-refractivity contribution in [2.75, 3.05) is 0 Å². The number of nitriles is 1. The first-order valence-electron chi connectivity index (χ1n) is 4.91. The summed E-state index contributed by atoms with van der Waals surface area (Å²) < 4.78 is 0. The van der Waals surface area contributed by atoms with E-state index < -0.39 is 0 Å². The zero-order chi connectivity index (χ0) is 11.4. The van der Waals surface area contributed by atoms with Crippen molar-refractivity contribution in [1.29, 1.82) is 5.26 Å². The molecule has 0 aliphatic rings. The Balaban J connectivity index is 2.44. The molecule has 74 valence electrons. The van der Waals surface area contributed by atoms with Crippen molar-refractivity contribution < 1.29 is 0 Å². The molecule has 1 nitrogen and oxygen atoms in total. The van der Waals surface area contributed by atoms with E-state index in [1.807, 2.05) is 36.4 Å². The lowest BCUT2D eigenvalue weighted by Gasteiger charge is -2.02. The predicted octanol–water partition coefficient (Wildman–Crippen LogP) is 3.21. The normalized spacial score (nSPS) is 9.12. The molecule has 0 radical (unpaired) electrons. The molecule has 0 saturated carbocycles. The highest BCUT2D eigenvalue weighted by Crippen LogP contribution is 2.20. The van der Waals surface area contributed by atoms with E-state index >= 15 is 0 Å². The Bertz CT molecular complexity index is 580. The highest BCUT2D eigenvalue weighted by atomic mass is 14.2. The molecule has 0 fully saturated rings. The van der Waals surface area contributed by atoms with Crippen LogP contribution in [0.25, 0.3) is 11.1 Å². The van der Waals surface area contributed by atoms with Gasteiger partial charge in [-0.15, -0.1) is 6.42 Å². The summed E-state index contributed by atoms with van der Waals surface area (Å²) in [5, 5.41) is 8.70. The molecule has 0 saturated heterocycles. The van der Waals surface area contributed by atoms with E-state index in [0.717, 1.165) is 16.7 Å². The van der Waals surface area contributed by atoms with Crippen molar-refractivity contribution >= 4 is 0 Å². The van der Waals surface area contributed by atoms with Crippen LogP contribution in [0.5, 0.6) is 0 Å². The van der Waals surface area contributed by atoms with Gasteiger partial charge in [-0.1, -0.05) is 30.2 Å². The maximum atomic E-state index is 8.70. The fourth-order valence-corrected chi connectivity index (χ4v) is 1.53. The van der Waals surface area contributed by atoms with Crippen molar-refractivity contribution in [3.05, 3.63) is 59.7 Å². The van der Waals surface area contributed by atoms with Crippen molar-refractivity contribution in [3.8, 4) is 29.5 Å². The first-order valence-corrected chi connectivity index (χ1v) is 4.91. The monoisotopic (exact) mass is 203 g/mol. The summed E-state index contributed by atoms with van der Waals surface area (Å²) >= 11 is 0. The summed E-state index contributed by atoms with van der Waals surface area (Å²) in [6.07, 6.45) is 5.35. The Morgan fingerprint density at radius 2 is 1.62 bits per heavy atom. The number of nitrogens with zero attached hydrogens (tertiary/aromatic N) is 1. The summed E-state index contributed by atoms with van der Waals surface area (Å²) in [6.45, 7) is 0. The van der Waals surface area contributed by atoms with Gasteiger partial charge in [0, 0.05) is 5.56 Å². The van der Waals surface area contributed by atoms with Crippen LogP contribution >= 0.6 is 0 Å². The highest BCUT2D eigenvalue weighted by molar-refractivity contribution is 5.66. The van der Waals surface area contributed by atoms with Gasteiger partial charge in [-0.2, -0.15) is 5.26 Å². The molecule has 1 heteroatoms. The Morgan fingerprint density at radius 1 is 0.875 bits per heavy atom. The van der Waals surface area contributed by atoms with Gasteiger partial charge >= 0.3 is 0 Å². The smallest absolute Gasteiger partial charge is 0.0991 e. The van der Waals surface area contributed by atoms with E-state index in [9.17, 15) is 0 Å². The van der Waals surface area contributed by atoms with Gasteiger partial charge in [0.25, 0.3) is 0 Å². The minimum atomic E-state index is 0.664. The zero-order valence-electron chi connectivity index (χ0n) is 8.64. The van der Waals surface area contributed by atoms with E-state index in [1.165, 1.54) is 0 Å². The van der Waals surface area contributed by atoms with Gasteiger partial charge in [0.2, 0.25) is 0 Å². The number of hydrogen-bond donors (Lipinski definition) is 0. The number of hydrogen-bond acceptors (Lipinski definition) is 1. The van der Waals surface area contributed by atoms with Gasteiger partial charge in [-0.3, -0.25) is 0 Å². The van der Waals surface area contributed by atoms with Crippen LogP contribution in [0.1, 0.15) is 11.1 Å². The molecule has 0 aromatic heterocycles. The van der Waals surface area contributed by atoms with E-state index in [2.05, 4.69) is 12.0 Å². The first-order chi connectivity index (χ1) is 7.83. The summed E-state index contributed by atoms with van der Waals surface area (Å²) in [4.78, 5) is 0. The predicted molar refractivity (Wildman–Crippen MR) is 64.5 cm³/mol. The SMILES string of the molecule is C#Cc1cccc(-c2ccc(C#N)cc2)c1. The third-order valence-corrected chi connectivity index (χ3v) is 2.38. The average Bonchev–Trinajstić information content (AvgIpc) is 2.39. The van der Waals surface area contributed by atoms with E-state index in [4.69, 9.17) is 11.7 Å². The largest absolute Gasteiger partial charge is 0.192 e. The quantitative estimate of drug-likeness (QED) is 0.653. The third-order valence-electron chi connectivity index (χ3n) is 2.38. The molecule has 0 heterocycles. The molecule has 0 amide bonds. The molecule has 0 aliphatic heterocycles. The summed E-state index contributed by atoms with van der Waals surface area (Å²) in [6, 6.07) is 17.3. The topological polar surface area (TPSA) is 23.8 Å². The fourth-order valence-electron chi connectivity index (χ4n) is 1.53. The first kappa shape index (κ1) is 10.0. The van der Waals surface area contributed by atoms with Crippen LogP contribution < -0.4 is 0 Å². The highest BCUT2D eigenvalue weighted by Gasteiger charge is 1.98. The van der Waals surface area contributed by atoms with Crippen LogP contribution in [0.4, 0.5) is 0 Å². The van der Waals surface area contributed by atoms with Gasteiger partial charge in [0.1, 0.15) is 0 Å². The Labute approximate surface area is 95.0 Å². The minimum Gasteiger partial charge on any atom is -0.192 e. The lowest BCUT2D eigenvalue weighted by molar-refractivity contribution is 1.48. The number of benzene rings is 2. The van der Waals surface area contributed by atoms with Gasteiger partial charge in [-0.05, 0) is 35.4 Å². The molecule has 16 heavy (non-hydrogen) atoms. The van der Waals surface area contributed by atoms with Crippen molar-refractivity contribution in [2.24, 2.45) is 0 Å². The van der Waals surface area contributed by atoms with Crippen LogP contribution in [-0.4, -0.2) is 0 Å². The molecule has 2 aromatic carbocycles. The molecule has 0 atom stereocenters. The standard InChI is InChI=1S/C15H9N/c1-2-12-4-3-5-15(10-12)14-8-6-13(11-16)7-9-14/h1,3-10H. The molecule has 0 aliphatic carbocycles. The fraction of sp³-hybridized carbons (Fsp3) is 0. The molecule has 0 bridgehead atoms. The van der Waals surface area contributed by atoms with Crippen molar-refractivity contribution in [3.63, 3.8) is 0 Å². The second-order valence-corrected chi connectivity index (χ2v) is 3.41. The molecule has 0 N–H and O–H groups in total. The molecular weight excluding hydrogens is 194 g/mol. The lowest BCUT2D eigenvalue weighted by Crippen LogP contribution is -1.80. The van der Waals surface area contributed by atoms with Crippen LogP contribution in [0.2, 0.25) is 0 Å². The van der Waals surface area contributed by atoms with Gasteiger partial charge in [-0.25, -0.2) is 0 Å². The zero-order valence-corrected chi connectivity index (χ0v) is 8.64. The third kappa shape index (κ3) is 1.95. The average molecular weight is 203 g/mol. The van der Waals surface area contributed by atoms with E-state index in [-0.39, 0.29) is 0 Å². The van der Waals surface area contributed by atoms with Crippen LogP contribution in [0.15, 0.2) is 48.5 Å². The van der Waals surface area contributed by atoms with Gasteiger partial charge in [0.05, 0.1) is 11.6 Å². The molecule has 2 aromatic rings. The lowest BCUT2D eigenvalue weighted by atomic mass is 10.0. The Morgan fingerprint density at radius 3 is 2.25 bits per heavy atom. The minimum absolute atomic E-state index is 0.664. The van der Waals surface area contributed by atoms with E-state index in [1.54, 1.807) is 12.1 Å². The molecule has 0 spiro atoms. The van der Waals surface area contributed by atoms with Crippen LogP contribution in [0, 0.1) is 23.7 Å². The number of terminal acetylenes is 1. The van der Waals surface area contributed by atoms with Gasteiger partial charge < -0.3 is 0 Å². The molecule has 0 unspecified atom stereocenters. The summed E-state index contributed by atoms with van der Waals surface area (Å²) in [7, 11) is 0. The maximum absolute atomic E-state index is 8.70.